The van der Waals surface area contributed by atoms with Crippen molar-refractivity contribution in [2.75, 3.05) is 36.9 Å². The summed E-state index contributed by atoms with van der Waals surface area (Å²) in [6.45, 7) is 5.23. The quantitative estimate of drug-likeness (QED) is 0.202. The van der Waals surface area contributed by atoms with E-state index >= 15 is 13.2 Å². The fourth-order valence-electron chi connectivity index (χ4n) is 6.48. The Hall–Kier alpha value is -5.18. The number of rotatable bonds is 9. The van der Waals surface area contributed by atoms with E-state index < -0.39 is 30.3 Å². The van der Waals surface area contributed by atoms with Gasteiger partial charge in [-0.3, -0.25) is 4.79 Å². The van der Waals surface area contributed by atoms with Crippen molar-refractivity contribution in [2.24, 2.45) is 5.41 Å². The molecule has 0 amide bonds. The number of nitrogens with one attached hydrogen (secondary N) is 1. The summed E-state index contributed by atoms with van der Waals surface area (Å²) in [6.07, 6.45) is -3.94. The van der Waals surface area contributed by atoms with E-state index in [1.54, 1.807) is 56.4 Å². The van der Waals surface area contributed by atoms with Gasteiger partial charge in [0.15, 0.2) is 0 Å². The van der Waals surface area contributed by atoms with Crippen LogP contribution in [0.2, 0.25) is 0 Å². The maximum absolute atomic E-state index is 15.0. The topological polar surface area (TPSA) is 158 Å². The highest BCUT2D eigenvalue weighted by Gasteiger charge is 2.46. The third-order valence-corrected chi connectivity index (χ3v) is 9.06. The molecule has 4 aromatic rings. The lowest BCUT2D eigenvalue weighted by Gasteiger charge is -2.39. The normalized spacial score (nSPS) is 18.0. The average molecular weight is 680 g/mol. The van der Waals surface area contributed by atoms with Crippen molar-refractivity contribution >= 4 is 23.7 Å². The maximum Gasteiger partial charge on any atom is 0.429 e. The molecule has 0 aliphatic carbocycles. The van der Waals surface area contributed by atoms with E-state index in [1.807, 2.05) is 4.90 Å². The summed E-state index contributed by atoms with van der Waals surface area (Å²) in [7, 11) is 0. The molecule has 2 fully saturated rings. The van der Waals surface area contributed by atoms with Gasteiger partial charge in [-0.1, -0.05) is 18.2 Å². The number of carboxylic acid groups (broad SMARTS) is 1. The van der Waals surface area contributed by atoms with Crippen molar-refractivity contribution < 1.29 is 37.3 Å². The Labute approximate surface area is 280 Å². The van der Waals surface area contributed by atoms with Gasteiger partial charge in [-0.05, 0) is 80.0 Å². The summed E-state index contributed by atoms with van der Waals surface area (Å²) < 4.78 is 57.1. The van der Waals surface area contributed by atoms with Crippen molar-refractivity contribution in [1.29, 1.82) is 0 Å². The van der Waals surface area contributed by atoms with Crippen LogP contribution in [0, 0.1) is 12.3 Å². The standard InChI is InChI=1S/C34H36F3N7O5/c1-3-48-31(47)22-6-4-21(5-7-22)23-8-9-26(44-13-10-20(2)42-44)24(16-23)29(34(35,36)37)49-28-17-27(40-32(38)41-28)43-14-11-33(12-15-43)18-25(30(45)46)39-19-33/h4-10,13,16-17,25,29,39H,3,11-12,14-15,18-19H2,1-2H3,(H,45,46)(H2,38,40,41). The van der Waals surface area contributed by atoms with E-state index in [0.717, 1.165) is 0 Å². The minimum Gasteiger partial charge on any atom is -0.480 e. The van der Waals surface area contributed by atoms with Gasteiger partial charge in [-0.25, -0.2) is 9.48 Å². The van der Waals surface area contributed by atoms with E-state index in [2.05, 4.69) is 20.4 Å². The summed E-state index contributed by atoms with van der Waals surface area (Å²) in [6, 6.07) is 13.4. The number of nitrogens with zero attached hydrogens (tertiary/aromatic N) is 5. The molecule has 0 saturated carbocycles. The summed E-state index contributed by atoms with van der Waals surface area (Å²) >= 11 is 0. The van der Waals surface area contributed by atoms with Gasteiger partial charge in [0.2, 0.25) is 17.9 Å². The Morgan fingerprint density at radius 3 is 2.41 bits per heavy atom. The number of aromatic nitrogens is 4. The molecule has 258 valence electrons. The number of hydrogen-bond acceptors (Lipinski definition) is 10. The Morgan fingerprint density at radius 1 is 1.08 bits per heavy atom. The molecule has 4 N–H and O–H groups in total. The number of hydrogen-bond donors (Lipinski definition) is 3. The highest BCUT2D eigenvalue weighted by molar-refractivity contribution is 5.90. The molecule has 2 aliphatic heterocycles. The number of anilines is 2. The molecule has 0 bridgehead atoms. The third-order valence-electron chi connectivity index (χ3n) is 9.06. The molecule has 6 rings (SSSR count). The van der Waals surface area contributed by atoms with Crippen LogP contribution >= 0.6 is 0 Å². The van der Waals surface area contributed by atoms with E-state index in [-0.39, 0.29) is 35.1 Å². The number of carbonyl (C=O) groups excluding carboxylic acids is 1. The number of aryl methyl sites for hydroxylation is 1. The number of alkyl halides is 3. The molecule has 2 aromatic heterocycles. The molecule has 2 unspecified atom stereocenters. The molecule has 49 heavy (non-hydrogen) atoms. The number of nitrogens with two attached hydrogens (primary N) is 1. The first-order valence-electron chi connectivity index (χ1n) is 15.9. The van der Waals surface area contributed by atoms with Crippen LogP contribution in [-0.2, 0) is 9.53 Å². The summed E-state index contributed by atoms with van der Waals surface area (Å²) in [5, 5.41) is 16.8. The van der Waals surface area contributed by atoms with Crippen LogP contribution in [0.25, 0.3) is 16.8 Å². The summed E-state index contributed by atoms with van der Waals surface area (Å²) in [5.41, 5.74) is 7.70. The lowest BCUT2D eigenvalue weighted by Crippen LogP contribution is -2.41. The van der Waals surface area contributed by atoms with Crippen LogP contribution in [0.4, 0.5) is 24.9 Å². The second-order valence-corrected chi connectivity index (χ2v) is 12.4. The zero-order valence-corrected chi connectivity index (χ0v) is 26.9. The van der Waals surface area contributed by atoms with Gasteiger partial charge < -0.3 is 30.5 Å². The lowest BCUT2D eigenvalue weighted by molar-refractivity contribution is -0.198. The first-order chi connectivity index (χ1) is 23.3. The minimum absolute atomic E-state index is 0.149. The van der Waals surface area contributed by atoms with Crippen LogP contribution in [0.15, 0.2) is 60.8 Å². The number of benzene rings is 2. The zero-order chi connectivity index (χ0) is 34.9. The predicted molar refractivity (Wildman–Crippen MR) is 173 cm³/mol. The molecule has 2 aromatic carbocycles. The van der Waals surface area contributed by atoms with Crippen molar-refractivity contribution in [3.05, 3.63) is 77.6 Å². The number of piperidine rings is 1. The van der Waals surface area contributed by atoms with Gasteiger partial charge in [0.25, 0.3) is 0 Å². The first-order valence-corrected chi connectivity index (χ1v) is 15.9. The molecule has 0 radical (unpaired) electrons. The Morgan fingerprint density at radius 2 is 1.80 bits per heavy atom. The maximum atomic E-state index is 15.0. The SMILES string of the molecule is CCOC(=O)c1ccc(-c2ccc(-n3ccc(C)n3)c(C(Oc3cc(N4CCC5(CC4)CNC(C(=O)O)C5)nc(N)n3)C(F)(F)F)c2)cc1. The van der Waals surface area contributed by atoms with E-state index in [9.17, 15) is 14.7 Å². The van der Waals surface area contributed by atoms with E-state index in [4.69, 9.17) is 15.2 Å². The third kappa shape index (κ3) is 7.31. The van der Waals surface area contributed by atoms with Crippen molar-refractivity contribution in [3.8, 4) is 22.7 Å². The van der Waals surface area contributed by atoms with Gasteiger partial charge in [-0.15, -0.1) is 0 Å². The van der Waals surface area contributed by atoms with Gasteiger partial charge in [0, 0.05) is 37.5 Å². The number of nitrogen functional groups attached to an aromatic ring is 1. The average Bonchev–Trinajstić information content (AvgIpc) is 3.69. The molecule has 2 aliphatic rings. The van der Waals surface area contributed by atoms with E-state index in [0.29, 0.717) is 67.1 Å². The first kappa shape index (κ1) is 33.7. The molecular weight excluding hydrogens is 643 g/mol. The second kappa shape index (κ2) is 13.4. The molecule has 15 heteroatoms. The Balaban J connectivity index is 1.31. The predicted octanol–water partition coefficient (Wildman–Crippen LogP) is 5.11. The monoisotopic (exact) mass is 679 g/mol. The fourth-order valence-corrected chi connectivity index (χ4v) is 6.48. The lowest BCUT2D eigenvalue weighted by atomic mass is 9.76. The van der Waals surface area contributed by atoms with Crippen LogP contribution < -0.4 is 20.7 Å². The number of ether oxygens (including phenoxy) is 2. The largest absolute Gasteiger partial charge is 0.480 e. The highest BCUT2D eigenvalue weighted by atomic mass is 19.4. The van der Waals surface area contributed by atoms with Crippen LogP contribution in [0.3, 0.4) is 0 Å². The Bertz CT molecular complexity index is 1840. The smallest absolute Gasteiger partial charge is 0.429 e. The Kier molecular flexibility index (Phi) is 9.20. The molecule has 4 heterocycles. The van der Waals surface area contributed by atoms with E-state index in [1.165, 1.54) is 22.9 Å². The van der Waals surface area contributed by atoms with Crippen molar-refractivity contribution in [1.82, 2.24) is 25.1 Å². The van der Waals surface area contributed by atoms with Crippen molar-refractivity contribution in [3.63, 3.8) is 0 Å². The molecular formula is C34H36F3N7O5. The number of aliphatic carboxylic acids is 1. The number of halogens is 3. The van der Waals surface area contributed by atoms with Crippen LogP contribution in [0.5, 0.6) is 5.88 Å². The second-order valence-electron chi connectivity index (χ2n) is 12.4. The van der Waals surface area contributed by atoms with Gasteiger partial charge in [-0.2, -0.15) is 28.2 Å². The van der Waals surface area contributed by atoms with Crippen molar-refractivity contribution in [2.45, 2.75) is 51.4 Å². The molecule has 1 spiro atoms. The van der Waals surface area contributed by atoms with Crippen LogP contribution in [-0.4, -0.2) is 75.3 Å². The minimum atomic E-state index is -4.89. The van der Waals surface area contributed by atoms with Gasteiger partial charge in [0.1, 0.15) is 11.9 Å². The summed E-state index contributed by atoms with van der Waals surface area (Å²) in [4.78, 5) is 33.8. The molecule has 2 atom stereocenters. The number of carbonyl (C=O) groups is 2. The van der Waals surface area contributed by atoms with Crippen LogP contribution in [0.1, 0.15) is 53.9 Å². The van der Waals surface area contributed by atoms with Gasteiger partial charge in [0.05, 0.1) is 23.6 Å². The van der Waals surface area contributed by atoms with Gasteiger partial charge >= 0.3 is 18.1 Å². The zero-order valence-electron chi connectivity index (χ0n) is 26.9. The number of carboxylic acids is 1. The fraction of sp³-hybridized carbons (Fsp3) is 0.382. The number of esters is 1. The highest BCUT2D eigenvalue weighted by Crippen LogP contribution is 2.43. The molecule has 2 saturated heterocycles. The summed E-state index contributed by atoms with van der Waals surface area (Å²) in [5.74, 6) is -1.67. The molecule has 12 nitrogen and oxygen atoms in total.